The zero-order valence-corrected chi connectivity index (χ0v) is 22.0. The summed E-state index contributed by atoms with van der Waals surface area (Å²) < 4.78 is 0. The molecule has 0 atom stereocenters. The number of amides is 2. The first-order valence-corrected chi connectivity index (χ1v) is 12.4. The molecule has 0 saturated carbocycles. The number of nitrogens with one attached hydrogen (secondary N) is 6. The molecule has 6 N–H and O–H groups in total. The van der Waals surface area contributed by atoms with Gasteiger partial charge in [0.2, 0.25) is 0 Å². The van der Waals surface area contributed by atoms with E-state index in [0.29, 0.717) is 22.4 Å². The highest BCUT2D eigenvalue weighted by molar-refractivity contribution is 7.80. The van der Waals surface area contributed by atoms with Gasteiger partial charge in [-0.2, -0.15) is 0 Å². The highest BCUT2D eigenvalue weighted by atomic mass is 32.1. The van der Waals surface area contributed by atoms with E-state index in [1.54, 1.807) is 61.2 Å². The van der Waals surface area contributed by atoms with Gasteiger partial charge in [0.15, 0.2) is 10.2 Å². The van der Waals surface area contributed by atoms with Crippen molar-refractivity contribution in [2.24, 2.45) is 0 Å². The molecule has 0 fully saturated rings. The summed E-state index contributed by atoms with van der Waals surface area (Å²) in [7, 11) is 0. The van der Waals surface area contributed by atoms with E-state index < -0.39 is 11.8 Å². The lowest BCUT2D eigenvalue weighted by molar-refractivity contribution is 0.0934. The van der Waals surface area contributed by atoms with Crippen molar-refractivity contribution < 1.29 is 9.59 Å². The maximum Gasteiger partial charge on any atom is 0.288 e. The summed E-state index contributed by atoms with van der Waals surface area (Å²) in [5.41, 5.74) is 14.2. The standard InChI is InChI=1S/C25H19N11O2S2/c37-22(33-35-24(39)30-14-4-6-16-20(12-14)28-10-8-26-16)18-2-1-3-19(32-18)23(38)34-36-25(40)31-15-5-7-17-21(13-15)29-11-9-27-17/h1-13H,(H,33,37)(H,34,38)(H2,30,35,39)(H2,31,36,40). The van der Waals surface area contributed by atoms with Gasteiger partial charge in [0.25, 0.3) is 11.8 Å². The number of hydrogen-bond acceptors (Lipinski definition) is 9. The fourth-order valence-corrected chi connectivity index (χ4v) is 3.79. The van der Waals surface area contributed by atoms with Crippen LogP contribution in [0.15, 0.2) is 79.4 Å². The first kappa shape index (κ1) is 26.2. The number of thiocarbonyl (C=S) groups is 2. The van der Waals surface area contributed by atoms with E-state index in [2.05, 4.69) is 57.3 Å². The molecule has 198 valence electrons. The second kappa shape index (κ2) is 12.0. The summed E-state index contributed by atoms with van der Waals surface area (Å²) in [5.74, 6) is -1.21. The molecule has 0 aliphatic rings. The number of carbonyl (C=O) groups excluding carboxylic acids is 2. The molecule has 3 aromatic heterocycles. The Labute approximate surface area is 237 Å². The molecule has 0 bridgehead atoms. The number of hydrogen-bond donors (Lipinski definition) is 6. The van der Waals surface area contributed by atoms with Gasteiger partial charge in [0.1, 0.15) is 11.4 Å². The number of rotatable bonds is 4. The molecule has 3 heterocycles. The first-order valence-electron chi connectivity index (χ1n) is 11.6. The largest absolute Gasteiger partial charge is 0.331 e. The van der Waals surface area contributed by atoms with Gasteiger partial charge < -0.3 is 10.6 Å². The molecule has 40 heavy (non-hydrogen) atoms. The molecule has 5 aromatic rings. The number of anilines is 2. The van der Waals surface area contributed by atoms with Gasteiger partial charge in [0, 0.05) is 36.2 Å². The predicted octanol–water partition coefficient (Wildman–Crippen LogP) is 2.23. The Balaban J connectivity index is 1.11. The van der Waals surface area contributed by atoms with Crippen LogP contribution < -0.4 is 32.3 Å². The van der Waals surface area contributed by atoms with Gasteiger partial charge in [-0.05, 0) is 73.0 Å². The average molecular weight is 570 g/mol. The summed E-state index contributed by atoms with van der Waals surface area (Å²) in [6, 6.07) is 15.1. The topological polar surface area (TPSA) is 171 Å². The van der Waals surface area contributed by atoms with E-state index in [9.17, 15) is 9.59 Å². The molecule has 0 aliphatic carbocycles. The van der Waals surface area contributed by atoms with Gasteiger partial charge in [0.05, 0.1) is 22.1 Å². The molecular formula is C25H19N11O2S2. The van der Waals surface area contributed by atoms with Crippen LogP contribution in [0.25, 0.3) is 22.1 Å². The van der Waals surface area contributed by atoms with E-state index in [0.717, 1.165) is 11.0 Å². The number of benzene rings is 2. The van der Waals surface area contributed by atoms with Crippen molar-refractivity contribution in [2.75, 3.05) is 10.6 Å². The van der Waals surface area contributed by atoms with Crippen molar-refractivity contribution >= 4 is 79.9 Å². The third-order valence-electron chi connectivity index (χ3n) is 5.25. The van der Waals surface area contributed by atoms with E-state index in [1.807, 2.05) is 0 Å². The normalized spacial score (nSPS) is 10.4. The van der Waals surface area contributed by atoms with Crippen molar-refractivity contribution in [3.63, 3.8) is 0 Å². The minimum absolute atomic E-state index is 0.0121. The Bertz CT molecular complexity index is 1640. The van der Waals surface area contributed by atoms with Gasteiger partial charge in [-0.1, -0.05) is 6.07 Å². The van der Waals surface area contributed by atoms with Crippen LogP contribution in [0.3, 0.4) is 0 Å². The number of fused-ring (bicyclic) bond motifs is 2. The van der Waals surface area contributed by atoms with Crippen LogP contribution in [-0.4, -0.2) is 47.0 Å². The van der Waals surface area contributed by atoms with E-state index >= 15 is 0 Å². The molecule has 0 aliphatic heterocycles. The molecule has 5 rings (SSSR count). The van der Waals surface area contributed by atoms with E-state index in [-0.39, 0.29) is 21.6 Å². The first-order chi connectivity index (χ1) is 19.4. The summed E-state index contributed by atoms with van der Waals surface area (Å²) >= 11 is 10.5. The third-order valence-corrected chi connectivity index (χ3v) is 5.66. The van der Waals surface area contributed by atoms with Crippen LogP contribution in [0.4, 0.5) is 11.4 Å². The molecule has 2 amide bonds. The molecule has 0 unspecified atom stereocenters. The van der Waals surface area contributed by atoms with Crippen LogP contribution >= 0.6 is 24.4 Å². The summed E-state index contributed by atoms with van der Waals surface area (Å²) in [5, 5.41) is 6.16. The van der Waals surface area contributed by atoms with Crippen molar-refractivity contribution in [2.45, 2.75) is 0 Å². The molecule has 0 saturated heterocycles. The van der Waals surface area contributed by atoms with Gasteiger partial charge in [-0.3, -0.25) is 51.2 Å². The zero-order chi connectivity index (χ0) is 27.9. The number of carbonyl (C=O) groups is 2. The molecular weight excluding hydrogens is 550 g/mol. The lowest BCUT2D eigenvalue weighted by Crippen LogP contribution is -2.45. The maximum absolute atomic E-state index is 12.6. The van der Waals surface area contributed by atoms with Crippen LogP contribution in [0.2, 0.25) is 0 Å². The number of pyridine rings is 1. The molecule has 2 aromatic carbocycles. The van der Waals surface area contributed by atoms with Gasteiger partial charge in [-0.25, -0.2) is 4.98 Å². The Morgan fingerprint density at radius 2 is 0.975 bits per heavy atom. The van der Waals surface area contributed by atoms with Gasteiger partial charge in [-0.15, -0.1) is 0 Å². The van der Waals surface area contributed by atoms with Crippen LogP contribution in [-0.2, 0) is 0 Å². The Kier molecular flexibility index (Phi) is 7.84. The fraction of sp³-hybridized carbons (Fsp3) is 0. The number of aromatic nitrogens is 5. The Morgan fingerprint density at radius 3 is 1.43 bits per heavy atom. The van der Waals surface area contributed by atoms with Crippen LogP contribution in [0, 0.1) is 0 Å². The van der Waals surface area contributed by atoms with Crippen molar-refractivity contribution in [1.29, 1.82) is 0 Å². The lowest BCUT2D eigenvalue weighted by atomic mass is 10.2. The summed E-state index contributed by atoms with van der Waals surface area (Å²) in [6.07, 6.45) is 6.40. The molecule has 0 radical (unpaired) electrons. The van der Waals surface area contributed by atoms with Crippen LogP contribution in [0.1, 0.15) is 21.0 Å². The van der Waals surface area contributed by atoms with Crippen LogP contribution in [0.5, 0.6) is 0 Å². The highest BCUT2D eigenvalue weighted by Crippen LogP contribution is 2.15. The monoisotopic (exact) mass is 569 g/mol. The quantitative estimate of drug-likeness (QED) is 0.138. The predicted molar refractivity (Wildman–Crippen MR) is 157 cm³/mol. The highest BCUT2D eigenvalue weighted by Gasteiger charge is 2.13. The minimum Gasteiger partial charge on any atom is -0.331 e. The van der Waals surface area contributed by atoms with Crippen molar-refractivity contribution in [1.82, 2.24) is 46.6 Å². The summed E-state index contributed by atoms with van der Waals surface area (Å²) in [6.45, 7) is 0. The van der Waals surface area contributed by atoms with Crippen molar-refractivity contribution in [3.8, 4) is 0 Å². The average Bonchev–Trinajstić information content (AvgIpc) is 2.98. The third kappa shape index (κ3) is 6.53. The molecule has 0 spiro atoms. The molecule has 15 heteroatoms. The SMILES string of the molecule is O=C(NNC(=S)Nc1ccc2nccnc2c1)c1cccc(C(=O)NNC(=S)Nc2ccc3nccnc3c2)n1. The number of nitrogens with zero attached hydrogens (tertiary/aromatic N) is 5. The molecule has 13 nitrogen and oxygen atoms in total. The maximum atomic E-state index is 12.6. The summed E-state index contributed by atoms with van der Waals surface area (Å²) in [4.78, 5) is 46.2. The second-order valence-electron chi connectivity index (χ2n) is 7.99. The lowest BCUT2D eigenvalue weighted by Gasteiger charge is -2.13. The van der Waals surface area contributed by atoms with E-state index in [4.69, 9.17) is 24.4 Å². The Hall–Kier alpha value is -5.41. The Morgan fingerprint density at radius 1 is 0.550 bits per heavy atom. The van der Waals surface area contributed by atoms with Crippen molar-refractivity contribution in [3.05, 3.63) is 90.8 Å². The minimum atomic E-state index is -0.604. The fourth-order valence-electron chi connectivity index (χ4n) is 3.45. The zero-order valence-electron chi connectivity index (χ0n) is 20.4. The van der Waals surface area contributed by atoms with Gasteiger partial charge >= 0.3 is 0 Å². The number of hydrazine groups is 2. The smallest absolute Gasteiger partial charge is 0.288 e. The van der Waals surface area contributed by atoms with E-state index in [1.165, 1.54) is 18.2 Å². The second-order valence-corrected chi connectivity index (χ2v) is 8.81.